The van der Waals surface area contributed by atoms with Crippen LogP contribution in [0.5, 0.6) is 0 Å². The summed E-state index contributed by atoms with van der Waals surface area (Å²) in [6, 6.07) is 4.46. The van der Waals surface area contributed by atoms with Crippen molar-refractivity contribution >= 4 is 18.3 Å². The third kappa shape index (κ3) is 4.43. The molecule has 7 heteroatoms. The molecule has 4 nitrogen and oxygen atoms in total. The van der Waals surface area contributed by atoms with E-state index in [4.69, 9.17) is 0 Å². The Bertz CT molecular complexity index is 555. The molecule has 0 saturated carbocycles. The van der Waals surface area contributed by atoms with Crippen molar-refractivity contribution in [3.8, 4) is 0 Å². The zero-order chi connectivity index (χ0) is 16.4. The first-order valence-electron chi connectivity index (χ1n) is 8.17. The number of aliphatic hydroxyl groups excluding tert-OH is 1. The summed E-state index contributed by atoms with van der Waals surface area (Å²) in [7, 11) is 0. The number of fused-ring (bicyclic) bond motifs is 2. The lowest BCUT2D eigenvalue weighted by atomic mass is 9.89. The van der Waals surface area contributed by atoms with E-state index in [9.17, 15) is 18.7 Å². The lowest BCUT2D eigenvalue weighted by Crippen LogP contribution is -2.40. The van der Waals surface area contributed by atoms with Gasteiger partial charge in [-0.05, 0) is 43.7 Å². The summed E-state index contributed by atoms with van der Waals surface area (Å²) in [6.45, 7) is -0.186. The fraction of sp³-hybridized carbons (Fsp3) is 0.588. The van der Waals surface area contributed by atoms with Crippen LogP contribution in [-0.4, -0.2) is 29.6 Å². The minimum absolute atomic E-state index is 0. The van der Waals surface area contributed by atoms with Gasteiger partial charge in [0.15, 0.2) is 0 Å². The molecule has 3 unspecified atom stereocenters. The lowest BCUT2D eigenvalue weighted by molar-refractivity contribution is -0.122. The molecule has 2 fully saturated rings. The van der Waals surface area contributed by atoms with E-state index in [0.29, 0.717) is 24.4 Å². The highest BCUT2D eigenvalue weighted by atomic mass is 35.5. The minimum Gasteiger partial charge on any atom is -0.386 e. The molecular formula is C17H23ClF2N2O2. The quantitative estimate of drug-likeness (QED) is 0.756. The maximum Gasteiger partial charge on any atom is 0.220 e. The fourth-order valence-electron chi connectivity index (χ4n) is 3.82. The molecule has 2 heterocycles. The van der Waals surface area contributed by atoms with Crippen molar-refractivity contribution in [3.05, 3.63) is 35.4 Å². The van der Waals surface area contributed by atoms with Gasteiger partial charge in [-0.25, -0.2) is 8.78 Å². The molecule has 3 N–H and O–H groups in total. The first-order chi connectivity index (χ1) is 11.0. The first-order valence-corrected chi connectivity index (χ1v) is 8.17. The molecule has 3 atom stereocenters. The van der Waals surface area contributed by atoms with Crippen molar-refractivity contribution in [1.29, 1.82) is 0 Å². The van der Waals surface area contributed by atoms with Gasteiger partial charge in [-0.1, -0.05) is 6.07 Å². The van der Waals surface area contributed by atoms with Crippen molar-refractivity contribution in [2.24, 2.45) is 5.92 Å². The van der Waals surface area contributed by atoms with E-state index < -0.39 is 23.3 Å². The molecule has 2 saturated heterocycles. The van der Waals surface area contributed by atoms with Crippen LogP contribution in [0.25, 0.3) is 0 Å². The summed E-state index contributed by atoms with van der Waals surface area (Å²) in [5.41, 5.74) is -0.396. The average Bonchev–Trinajstić information content (AvgIpc) is 2.84. The van der Waals surface area contributed by atoms with Gasteiger partial charge in [-0.3, -0.25) is 4.79 Å². The molecule has 2 bridgehead atoms. The molecule has 2 aliphatic heterocycles. The van der Waals surface area contributed by atoms with Gasteiger partial charge in [-0.15, -0.1) is 12.4 Å². The molecule has 3 rings (SSSR count). The molecule has 0 aliphatic carbocycles. The highest BCUT2D eigenvalue weighted by Crippen LogP contribution is 2.32. The number of piperidine rings is 1. The third-order valence-electron chi connectivity index (χ3n) is 4.87. The van der Waals surface area contributed by atoms with E-state index in [1.54, 1.807) is 0 Å². The number of halogens is 3. The second-order valence-electron chi connectivity index (χ2n) is 6.63. The monoisotopic (exact) mass is 360 g/mol. The topological polar surface area (TPSA) is 61.4 Å². The Hall–Kier alpha value is -1.24. The Morgan fingerprint density at radius 2 is 1.83 bits per heavy atom. The van der Waals surface area contributed by atoms with Crippen molar-refractivity contribution in [1.82, 2.24) is 10.6 Å². The summed E-state index contributed by atoms with van der Waals surface area (Å²) in [5, 5.41) is 16.0. The van der Waals surface area contributed by atoms with Gasteiger partial charge in [0.25, 0.3) is 0 Å². The number of carbonyl (C=O) groups excluding carboxylic acids is 1. The number of hydrogen-bond donors (Lipinski definition) is 3. The number of amides is 1. The van der Waals surface area contributed by atoms with Gasteiger partial charge in [-0.2, -0.15) is 0 Å². The smallest absolute Gasteiger partial charge is 0.220 e. The van der Waals surface area contributed by atoms with Crippen LogP contribution in [0.3, 0.4) is 0 Å². The van der Waals surface area contributed by atoms with Gasteiger partial charge in [0.2, 0.25) is 5.91 Å². The molecule has 24 heavy (non-hydrogen) atoms. The Kier molecular flexibility index (Phi) is 6.54. The number of hydrogen-bond acceptors (Lipinski definition) is 3. The fourth-order valence-corrected chi connectivity index (χ4v) is 3.82. The van der Waals surface area contributed by atoms with Crippen LogP contribution in [0.1, 0.15) is 43.8 Å². The number of benzene rings is 1. The Morgan fingerprint density at radius 1 is 1.25 bits per heavy atom. The number of carbonyl (C=O) groups is 1. The van der Waals surface area contributed by atoms with Gasteiger partial charge < -0.3 is 15.7 Å². The predicted molar refractivity (Wildman–Crippen MR) is 88.9 cm³/mol. The number of aliphatic hydroxyl groups is 1. The maximum atomic E-state index is 13.6. The molecule has 1 amide bonds. The van der Waals surface area contributed by atoms with Crippen LogP contribution in [0.2, 0.25) is 0 Å². The molecule has 0 radical (unpaired) electrons. The Labute approximate surface area is 146 Å². The zero-order valence-corrected chi connectivity index (χ0v) is 14.1. The van der Waals surface area contributed by atoms with Crippen molar-refractivity contribution in [3.63, 3.8) is 0 Å². The molecule has 0 aromatic heterocycles. The SMILES string of the molecule is Cl.O=C(CC1CC2CCC(C1)N2)NCC(O)c1c(F)cccc1F. The van der Waals surface area contributed by atoms with Gasteiger partial charge >= 0.3 is 0 Å². The Morgan fingerprint density at radius 3 is 2.42 bits per heavy atom. The second kappa shape index (κ2) is 8.23. The number of rotatable bonds is 5. The molecule has 1 aromatic rings. The van der Waals surface area contributed by atoms with Crippen LogP contribution in [0.15, 0.2) is 18.2 Å². The van der Waals surface area contributed by atoms with E-state index in [2.05, 4.69) is 10.6 Å². The highest BCUT2D eigenvalue weighted by Gasteiger charge is 2.34. The molecule has 2 aliphatic rings. The highest BCUT2D eigenvalue weighted by molar-refractivity contribution is 5.85. The molecule has 134 valence electrons. The molecule has 0 spiro atoms. The summed E-state index contributed by atoms with van der Waals surface area (Å²) < 4.78 is 27.1. The summed E-state index contributed by atoms with van der Waals surface area (Å²) in [6.07, 6.45) is 3.36. The van der Waals surface area contributed by atoms with E-state index in [0.717, 1.165) is 25.0 Å². The second-order valence-corrected chi connectivity index (χ2v) is 6.63. The summed E-state index contributed by atoms with van der Waals surface area (Å²) >= 11 is 0. The van der Waals surface area contributed by atoms with E-state index in [1.165, 1.54) is 18.9 Å². The van der Waals surface area contributed by atoms with Gasteiger partial charge in [0, 0.05) is 25.0 Å². The summed E-state index contributed by atoms with van der Waals surface area (Å²) in [4.78, 5) is 12.0. The first kappa shape index (κ1) is 19.1. The van der Waals surface area contributed by atoms with Crippen molar-refractivity contribution < 1.29 is 18.7 Å². The van der Waals surface area contributed by atoms with Crippen LogP contribution >= 0.6 is 12.4 Å². The standard InChI is InChI=1S/C17H22F2N2O2.ClH/c18-13-2-1-3-14(19)17(13)15(22)9-20-16(23)8-10-6-11-4-5-12(7-10)21-11;/h1-3,10-12,15,21-22H,4-9H2,(H,20,23);1H. The summed E-state index contributed by atoms with van der Waals surface area (Å²) in [5.74, 6) is -1.44. The molecule has 1 aromatic carbocycles. The predicted octanol–water partition coefficient (Wildman–Crippen LogP) is 2.46. The van der Waals surface area contributed by atoms with Crippen molar-refractivity contribution in [2.45, 2.75) is 50.3 Å². The van der Waals surface area contributed by atoms with E-state index >= 15 is 0 Å². The maximum absolute atomic E-state index is 13.6. The molecular weight excluding hydrogens is 338 g/mol. The number of nitrogens with one attached hydrogen (secondary N) is 2. The van der Waals surface area contributed by atoms with E-state index in [-0.39, 0.29) is 24.9 Å². The van der Waals surface area contributed by atoms with Gasteiger partial charge in [0.05, 0.1) is 5.56 Å². The zero-order valence-electron chi connectivity index (χ0n) is 13.3. The lowest BCUT2D eigenvalue weighted by Gasteiger charge is -2.28. The normalized spacial score (nSPS) is 26.5. The third-order valence-corrected chi connectivity index (χ3v) is 4.87. The van der Waals surface area contributed by atoms with E-state index in [1.807, 2.05) is 0 Å². The Balaban J connectivity index is 0.00000208. The minimum atomic E-state index is -1.38. The van der Waals surface area contributed by atoms with Crippen LogP contribution in [0.4, 0.5) is 8.78 Å². The van der Waals surface area contributed by atoms with Crippen LogP contribution < -0.4 is 10.6 Å². The van der Waals surface area contributed by atoms with Crippen molar-refractivity contribution in [2.75, 3.05) is 6.54 Å². The van der Waals surface area contributed by atoms with Gasteiger partial charge in [0.1, 0.15) is 17.7 Å². The average molecular weight is 361 g/mol. The van der Waals surface area contributed by atoms with Crippen LogP contribution in [-0.2, 0) is 4.79 Å². The largest absolute Gasteiger partial charge is 0.386 e. The van der Waals surface area contributed by atoms with Crippen LogP contribution in [0, 0.1) is 17.6 Å².